The van der Waals surface area contributed by atoms with E-state index in [1.165, 1.54) is 64.3 Å². The van der Waals surface area contributed by atoms with Crippen LogP contribution in [0.25, 0.3) is 0 Å². The molecule has 1 N–H and O–H groups in total. The number of nitrogens with one attached hydrogen (secondary N) is 1. The molecule has 0 aromatic heterocycles. The van der Waals surface area contributed by atoms with Crippen molar-refractivity contribution in [3.63, 3.8) is 0 Å². The Bertz CT molecular complexity index is 215. The van der Waals surface area contributed by atoms with Gasteiger partial charge in [0, 0.05) is 19.3 Å². The molecule has 2 rings (SSSR count). The van der Waals surface area contributed by atoms with Crippen LogP contribution in [0, 0.1) is 11.8 Å². The van der Waals surface area contributed by atoms with Crippen molar-refractivity contribution in [2.45, 2.75) is 70.8 Å². The second kappa shape index (κ2) is 8.16. The maximum atomic E-state index is 5.48. The summed E-state index contributed by atoms with van der Waals surface area (Å²) in [7, 11) is 0. The van der Waals surface area contributed by atoms with E-state index in [0.717, 1.165) is 31.1 Å². The number of ether oxygens (including phenoxy) is 1. The van der Waals surface area contributed by atoms with E-state index < -0.39 is 0 Å². The first-order valence-electron chi connectivity index (χ1n) is 8.21. The Morgan fingerprint density at radius 2 is 1.78 bits per heavy atom. The van der Waals surface area contributed by atoms with Gasteiger partial charge in [0.1, 0.15) is 0 Å². The zero-order valence-electron chi connectivity index (χ0n) is 12.1. The highest BCUT2D eigenvalue weighted by Gasteiger charge is 2.26. The molecule has 106 valence electrons. The van der Waals surface area contributed by atoms with Crippen molar-refractivity contribution >= 4 is 0 Å². The smallest absolute Gasteiger partial charge is 0.0465 e. The van der Waals surface area contributed by atoms with E-state index in [2.05, 4.69) is 12.2 Å². The van der Waals surface area contributed by atoms with Crippen LogP contribution in [0.5, 0.6) is 0 Å². The second-order valence-corrected chi connectivity index (χ2v) is 6.18. The minimum Gasteiger partial charge on any atom is -0.382 e. The van der Waals surface area contributed by atoms with Gasteiger partial charge in [0.2, 0.25) is 0 Å². The predicted octanol–water partition coefficient (Wildman–Crippen LogP) is 3.75. The van der Waals surface area contributed by atoms with Gasteiger partial charge < -0.3 is 10.1 Å². The van der Waals surface area contributed by atoms with Gasteiger partial charge in [-0.3, -0.25) is 0 Å². The lowest BCUT2D eigenvalue weighted by Gasteiger charge is -2.25. The number of rotatable bonds is 8. The largest absolute Gasteiger partial charge is 0.382 e. The summed E-state index contributed by atoms with van der Waals surface area (Å²) in [6.07, 6.45) is 12.8. The molecule has 0 aromatic carbocycles. The highest BCUT2D eigenvalue weighted by molar-refractivity contribution is 4.84. The summed E-state index contributed by atoms with van der Waals surface area (Å²) in [5, 5.41) is 3.75. The van der Waals surface area contributed by atoms with Crippen molar-refractivity contribution in [3.05, 3.63) is 0 Å². The van der Waals surface area contributed by atoms with Gasteiger partial charge in [-0.2, -0.15) is 0 Å². The zero-order valence-corrected chi connectivity index (χ0v) is 12.1. The van der Waals surface area contributed by atoms with Gasteiger partial charge in [-0.25, -0.2) is 0 Å². The first-order chi connectivity index (χ1) is 8.90. The lowest BCUT2D eigenvalue weighted by molar-refractivity contribution is 0.134. The minimum atomic E-state index is 0.872. The zero-order chi connectivity index (χ0) is 12.6. The molecule has 0 bridgehead atoms. The van der Waals surface area contributed by atoms with Crippen LogP contribution in [-0.2, 0) is 4.74 Å². The van der Waals surface area contributed by atoms with Crippen molar-refractivity contribution in [3.8, 4) is 0 Å². The summed E-state index contributed by atoms with van der Waals surface area (Å²) in [6, 6.07) is 0.873. The third-order valence-electron chi connectivity index (χ3n) is 4.63. The lowest BCUT2D eigenvalue weighted by Crippen LogP contribution is -2.29. The van der Waals surface area contributed by atoms with Crippen molar-refractivity contribution in [1.82, 2.24) is 5.32 Å². The molecule has 0 radical (unpaired) electrons. The predicted molar refractivity (Wildman–Crippen MR) is 76.8 cm³/mol. The van der Waals surface area contributed by atoms with Crippen molar-refractivity contribution in [2.75, 3.05) is 19.8 Å². The van der Waals surface area contributed by atoms with E-state index in [1.807, 2.05) is 0 Å². The summed E-state index contributed by atoms with van der Waals surface area (Å²) < 4.78 is 5.48. The van der Waals surface area contributed by atoms with E-state index in [9.17, 15) is 0 Å². The SMILES string of the molecule is CCOCCCC1CCCCCC1CNC1CC1. The van der Waals surface area contributed by atoms with Gasteiger partial charge in [0.25, 0.3) is 0 Å². The van der Waals surface area contributed by atoms with Crippen LogP contribution in [0.1, 0.15) is 64.7 Å². The van der Waals surface area contributed by atoms with Gasteiger partial charge in [-0.15, -0.1) is 0 Å². The maximum absolute atomic E-state index is 5.48. The Morgan fingerprint density at radius 3 is 2.50 bits per heavy atom. The van der Waals surface area contributed by atoms with Crippen LogP contribution in [0.2, 0.25) is 0 Å². The summed E-state index contributed by atoms with van der Waals surface area (Å²) in [5.41, 5.74) is 0. The quantitative estimate of drug-likeness (QED) is 0.525. The molecule has 0 saturated heterocycles. The fraction of sp³-hybridized carbons (Fsp3) is 1.00. The summed E-state index contributed by atoms with van der Waals surface area (Å²) in [5.74, 6) is 1.90. The fourth-order valence-corrected chi connectivity index (χ4v) is 3.31. The monoisotopic (exact) mass is 253 g/mol. The van der Waals surface area contributed by atoms with Crippen LogP contribution in [-0.4, -0.2) is 25.8 Å². The van der Waals surface area contributed by atoms with Crippen molar-refractivity contribution in [2.24, 2.45) is 11.8 Å². The van der Waals surface area contributed by atoms with Gasteiger partial charge >= 0.3 is 0 Å². The molecular formula is C16H31NO. The third kappa shape index (κ3) is 5.27. The molecule has 0 aliphatic heterocycles. The van der Waals surface area contributed by atoms with E-state index in [1.54, 1.807) is 0 Å². The number of hydrogen-bond donors (Lipinski definition) is 1. The molecule has 2 heteroatoms. The highest BCUT2D eigenvalue weighted by Crippen LogP contribution is 2.32. The summed E-state index contributed by atoms with van der Waals surface area (Å²) in [4.78, 5) is 0. The molecule has 0 aromatic rings. The van der Waals surface area contributed by atoms with Gasteiger partial charge in [-0.05, 0) is 57.4 Å². The van der Waals surface area contributed by atoms with Gasteiger partial charge in [0.05, 0.1) is 0 Å². The van der Waals surface area contributed by atoms with E-state index in [4.69, 9.17) is 4.74 Å². The molecule has 0 spiro atoms. The van der Waals surface area contributed by atoms with Crippen LogP contribution >= 0.6 is 0 Å². The van der Waals surface area contributed by atoms with E-state index >= 15 is 0 Å². The normalized spacial score (nSPS) is 29.2. The summed E-state index contributed by atoms with van der Waals surface area (Å²) >= 11 is 0. The standard InChI is InChI=1S/C16H31NO/c1-2-18-12-6-9-14-7-4-3-5-8-15(14)13-17-16-10-11-16/h14-17H,2-13H2,1H3. The average Bonchev–Trinajstić information content (AvgIpc) is 3.20. The molecule has 2 aliphatic rings. The Labute approximate surface area is 113 Å². The third-order valence-corrected chi connectivity index (χ3v) is 4.63. The first-order valence-corrected chi connectivity index (χ1v) is 8.21. The maximum Gasteiger partial charge on any atom is 0.0465 e. The van der Waals surface area contributed by atoms with E-state index in [0.29, 0.717) is 0 Å². The molecule has 2 nitrogen and oxygen atoms in total. The Hall–Kier alpha value is -0.0800. The fourth-order valence-electron chi connectivity index (χ4n) is 3.31. The van der Waals surface area contributed by atoms with Gasteiger partial charge in [-0.1, -0.05) is 25.7 Å². The lowest BCUT2D eigenvalue weighted by atomic mass is 9.84. The Morgan fingerprint density at radius 1 is 1.00 bits per heavy atom. The topological polar surface area (TPSA) is 21.3 Å². The molecule has 0 amide bonds. The molecular weight excluding hydrogens is 222 g/mol. The molecule has 2 aliphatic carbocycles. The molecule has 2 unspecified atom stereocenters. The minimum absolute atomic E-state index is 0.872. The Balaban J connectivity index is 1.69. The highest BCUT2D eigenvalue weighted by atomic mass is 16.5. The first kappa shape index (κ1) is 14.3. The van der Waals surface area contributed by atoms with Gasteiger partial charge in [0.15, 0.2) is 0 Å². The van der Waals surface area contributed by atoms with Crippen LogP contribution in [0.15, 0.2) is 0 Å². The van der Waals surface area contributed by atoms with Crippen LogP contribution < -0.4 is 5.32 Å². The second-order valence-electron chi connectivity index (χ2n) is 6.18. The summed E-state index contributed by atoms with van der Waals surface area (Å²) in [6.45, 7) is 5.21. The van der Waals surface area contributed by atoms with Crippen molar-refractivity contribution < 1.29 is 4.74 Å². The molecule has 0 heterocycles. The average molecular weight is 253 g/mol. The molecule has 18 heavy (non-hydrogen) atoms. The Kier molecular flexibility index (Phi) is 6.50. The van der Waals surface area contributed by atoms with Crippen molar-refractivity contribution in [1.29, 1.82) is 0 Å². The molecule has 2 fully saturated rings. The van der Waals surface area contributed by atoms with Crippen LogP contribution in [0.3, 0.4) is 0 Å². The van der Waals surface area contributed by atoms with E-state index in [-0.39, 0.29) is 0 Å². The van der Waals surface area contributed by atoms with Crippen LogP contribution in [0.4, 0.5) is 0 Å². The number of hydrogen-bond acceptors (Lipinski definition) is 2. The molecule has 2 atom stereocenters. The molecule has 2 saturated carbocycles.